The first kappa shape index (κ1) is 24.7. The number of benzene rings is 3. The van der Waals surface area contributed by atoms with Crippen LogP contribution < -0.4 is 4.74 Å². The Bertz CT molecular complexity index is 1330. The molecule has 182 valence electrons. The van der Waals surface area contributed by atoms with Gasteiger partial charge in [0.1, 0.15) is 5.75 Å². The minimum atomic E-state index is -4.37. The molecule has 0 amide bonds. The molecule has 0 saturated heterocycles. The van der Waals surface area contributed by atoms with E-state index in [0.717, 1.165) is 45.7 Å². The first-order chi connectivity index (χ1) is 16.5. The number of alkyl halides is 3. The van der Waals surface area contributed by atoms with Gasteiger partial charge in [-0.2, -0.15) is 18.3 Å². The number of hydrogen-bond donors (Lipinski definition) is 1. The molecule has 0 spiro atoms. The predicted octanol–water partition coefficient (Wildman–Crippen LogP) is 6.62. The molecule has 0 aliphatic heterocycles. The quantitative estimate of drug-likeness (QED) is 0.276. The summed E-state index contributed by atoms with van der Waals surface area (Å²) in [5.41, 5.74) is 0.414. The summed E-state index contributed by atoms with van der Waals surface area (Å²) in [4.78, 5) is 12.2. The largest absolute Gasteiger partial charge is 0.478 e. The number of aryl methyl sites for hydroxylation is 1. The summed E-state index contributed by atoms with van der Waals surface area (Å²) in [5.74, 6) is 0.235. The van der Waals surface area contributed by atoms with Gasteiger partial charge in [-0.05, 0) is 74.4 Å². The third-order valence-corrected chi connectivity index (χ3v) is 6.44. The third-order valence-electron chi connectivity index (χ3n) is 5.43. The summed E-state index contributed by atoms with van der Waals surface area (Å²) >= 11 is 1.65. The SMILES string of the molecule is CC(C)(Oc1ccc(SCCc2cccc3cn(-c4ccc(C(F)(F)F)cc4)nc23)cc1)C(=O)O. The fraction of sp³-hybridized carbons (Fsp3) is 0.231. The number of thioether (sulfide) groups is 1. The van der Waals surface area contributed by atoms with Crippen LogP contribution in [0.1, 0.15) is 25.0 Å². The lowest BCUT2D eigenvalue weighted by Crippen LogP contribution is -2.37. The van der Waals surface area contributed by atoms with Crippen LogP contribution >= 0.6 is 11.8 Å². The van der Waals surface area contributed by atoms with Crippen LogP contribution in [0, 0.1) is 0 Å². The molecule has 5 nitrogen and oxygen atoms in total. The normalized spacial score (nSPS) is 12.1. The highest BCUT2D eigenvalue weighted by Gasteiger charge is 2.30. The van der Waals surface area contributed by atoms with Gasteiger partial charge in [-0.3, -0.25) is 0 Å². The van der Waals surface area contributed by atoms with Crippen molar-refractivity contribution < 1.29 is 27.8 Å². The Kier molecular flexibility index (Phi) is 6.80. The smallest absolute Gasteiger partial charge is 0.416 e. The van der Waals surface area contributed by atoms with Crippen molar-refractivity contribution in [3.05, 3.63) is 84.1 Å². The van der Waals surface area contributed by atoms with E-state index in [9.17, 15) is 23.1 Å². The molecule has 0 bridgehead atoms. The van der Waals surface area contributed by atoms with Crippen LogP contribution in [-0.4, -0.2) is 32.2 Å². The van der Waals surface area contributed by atoms with Crippen molar-refractivity contribution in [1.82, 2.24) is 9.78 Å². The van der Waals surface area contributed by atoms with Gasteiger partial charge in [0.25, 0.3) is 0 Å². The second-order valence-electron chi connectivity index (χ2n) is 8.46. The molecule has 1 heterocycles. The van der Waals surface area contributed by atoms with Crippen molar-refractivity contribution in [2.75, 3.05) is 5.75 Å². The molecule has 0 atom stereocenters. The van der Waals surface area contributed by atoms with Crippen LogP contribution in [0.4, 0.5) is 13.2 Å². The number of rotatable bonds is 8. The molecular weight excluding hydrogens is 477 g/mol. The monoisotopic (exact) mass is 500 g/mol. The van der Waals surface area contributed by atoms with Gasteiger partial charge in [-0.1, -0.05) is 18.2 Å². The molecule has 0 fully saturated rings. The van der Waals surface area contributed by atoms with Gasteiger partial charge < -0.3 is 9.84 Å². The highest BCUT2D eigenvalue weighted by Crippen LogP contribution is 2.30. The highest BCUT2D eigenvalue weighted by atomic mass is 32.2. The summed E-state index contributed by atoms with van der Waals surface area (Å²) in [6.07, 6.45) is -1.82. The van der Waals surface area contributed by atoms with Gasteiger partial charge in [-0.25, -0.2) is 9.48 Å². The van der Waals surface area contributed by atoms with Crippen LogP contribution in [0.15, 0.2) is 77.8 Å². The van der Waals surface area contributed by atoms with Crippen molar-refractivity contribution in [2.45, 2.75) is 36.9 Å². The number of carboxylic acids is 1. The number of hydrogen-bond acceptors (Lipinski definition) is 4. The Morgan fingerprint density at radius 1 is 1.03 bits per heavy atom. The maximum Gasteiger partial charge on any atom is 0.416 e. The molecule has 0 unspecified atom stereocenters. The molecule has 0 aliphatic rings. The molecule has 3 aromatic carbocycles. The number of carboxylic acid groups (broad SMARTS) is 1. The van der Waals surface area contributed by atoms with Gasteiger partial charge in [0.2, 0.25) is 0 Å². The van der Waals surface area contributed by atoms with Crippen molar-refractivity contribution in [3.63, 3.8) is 0 Å². The fourth-order valence-electron chi connectivity index (χ4n) is 3.46. The Balaban J connectivity index is 1.42. The molecular formula is C26H23F3N2O3S. The maximum absolute atomic E-state index is 12.8. The van der Waals surface area contributed by atoms with Crippen molar-refractivity contribution >= 4 is 28.6 Å². The highest BCUT2D eigenvalue weighted by molar-refractivity contribution is 7.99. The molecule has 9 heteroatoms. The first-order valence-corrected chi connectivity index (χ1v) is 11.8. The fourth-order valence-corrected chi connectivity index (χ4v) is 4.35. The summed E-state index contributed by atoms with van der Waals surface area (Å²) in [5, 5.41) is 14.7. The molecule has 0 radical (unpaired) electrons. The number of carbonyl (C=O) groups is 1. The number of ether oxygens (including phenoxy) is 1. The van der Waals surface area contributed by atoms with Crippen LogP contribution in [0.25, 0.3) is 16.6 Å². The molecule has 0 saturated carbocycles. The zero-order valence-electron chi connectivity index (χ0n) is 19.0. The zero-order chi connectivity index (χ0) is 25.2. The summed E-state index contributed by atoms with van der Waals surface area (Å²) in [6, 6.07) is 18.1. The van der Waals surface area contributed by atoms with E-state index in [2.05, 4.69) is 5.10 Å². The van der Waals surface area contributed by atoms with Crippen LogP contribution in [0.5, 0.6) is 5.75 Å². The molecule has 4 rings (SSSR count). The summed E-state index contributed by atoms with van der Waals surface area (Å²) < 4.78 is 45.7. The van der Waals surface area contributed by atoms with E-state index in [0.29, 0.717) is 11.4 Å². The van der Waals surface area contributed by atoms with Gasteiger partial charge in [0.05, 0.1) is 16.8 Å². The van der Waals surface area contributed by atoms with Gasteiger partial charge in [-0.15, -0.1) is 11.8 Å². The minimum Gasteiger partial charge on any atom is -0.478 e. The first-order valence-electron chi connectivity index (χ1n) is 10.8. The van der Waals surface area contributed by atoms with Gasteiger partial charge in [0, 0.05) is 22.2 Å². The Morgan fingerprint density at radius 2 is 1.71 bits per heavy atom. The molecule has 1 aromatic heterocycles. The summed E-state index contributed by atoms with van der Waals surface area (Å²) in [7, 11) is 0. The van der Waals surface area contributed by atoms with E-state index >= 15 is 0 Å². The zero-order valence-corrected chi connectivity index (χ0v) is 19.9. The molecule has 4 aromatic rings. The number of aliphatic carboxylic acids is 1. The van der Waals surface area contributed by atoms with E-state index in [-0.39, 0.29) is 0 Å². The maximum atomic E-state index is 12.8. The van der Waals surface area contributed by atoms with Crippen LogP contribution in [0.3, 0.4) is 0 Å². The lowest BCUT2D eigenvalue weighted by molar-refractivity contribution is -0.152. The van der Waals surface area contributed by atoms with Gasteiger partial charge >= 0.3 is 12.1 Å². The Hall–Kier alpha value is -3.46. The lowest BCUT2D eigenvalue weighted by Gasteiger charge is -2.21. The number of fused-ring (bicyclic) bond motifs is 1. The standard InChI is InChI=1S/C26H23F3N2O3S/c1-25(2,24(32)33)34-21-10-12-22(13-11-21)35-15-14-17-4-3-5-18-16-31(30-23(17)18)20-8-6-19(7-9-20)26(27,28)29/h3-13,16H,14-15H2,1-2H3,(H,32,33). The second-order valence-corrected chi connectivity index (χ2v) is 9.63. The van der Waals surface area contributed by atoms with Crippen LogP contribution in [-0.2, 0) is 17.4 Å². The number of halogens is 3. The molecule has 0 aliphatic carbocycles. The third kappa shape index (κ3) is 5.79. The Morgan fingerprint density at radius 3 is 2.34 bits per heavy atom. The summed E-state index contributed by atoms with van der Waals surface area (Å²) in [6.45, 7) is 2.99. The topological polar surface area (TPSA) is 64.4 Å². The average molecular weight is 501 g/mol. The molecule has 1 N–H and O–H groups in total. The van der Waals surface area contributed by atoms with Crippen molar-refractivity contribution in [2.24, 2.45) is 0 Å². The van der Waals surface area contributed by atoms with Crippen LogP contribution in [0.2, 0.25) is 0 Å². The number of aromatic nitrogens is 2. The van der Waals surface area contributed by atoms with E-state index in [1.165, 1.54) is 26.0 Å². The molecule has 35 heavy (non-hydrogen) atoms. The second kappa shape index (κ2) is 9.65. The minimum absolute atomic E-state index is 0.486. The van der Waals surface area contributed by atoms with E-state index < -0.39 is 23.3 Å². The average Bonchev–Trinajstić information content (AvgIpc) is 3.25. The number of nitrogens with zero attached hydrogens (tertiary/aromatic N) is 2. The Labute approximate surface area is 204 Å². The van der Waals surface area contributed by atoms with E-state index in [1.54, 1.807) is 28.6 Å². The lowest BCUT2D eigenvalue weighted by atomic mass is 10.1. The van der Waals surface area contributed by atoms with Crippen molar-refractivity contribution in [1.29, 1.82) is 0 Å². The van der Waals surface area contributed by atoms with Crippen molar-refractivity contribution in [3.8, 4) is 11.4 Å². The van der Waals surface area contributed by atoms with E-state index in [1.807, 2.05) is 36.5 Å². The van der Waals surface area contributed by atoms with E-state index in [4.69, 9.17) is 4.74 Å². The predicted molar refractivity (Wildman–Crippen MR) is 129 cm³/mol. The van der Waals surface area contributed by atoms with Gasteiger partial charge in [0.15, 0.2) is 5.60 Å².